The van der Waals surface area contributed by atoms with E-state index < -0.39 is 10.0 Å². The number of hydrogen-bond acceptors (Lipinski definition) is 2. The minimum atomic E-state index is -3.15. The van der Waals surface area contributed by atoms with Crippen molar-refractivity contribution >= 4 is 26.0 Å². The molecular formula is C8H10BrNO2S. The molecule has 0 heterocycles. The van der Waals surface area contributed by atoms with Crippen molar-refractivity contribution in [3.63, 3.8) is 0 Å². The molecule has 1 aromatic rings. The lowest BCUT2D eigenvalue weighted by atomic mass is 10.2. The summed E-state index contributed by atoms with van der Waals surface area (Å²) in [5.74, 6) is 0.0246. The van der Waals surface area contributed by atoms with Gasteiger partial charge >= 0.3 is 0 Å². The van der Waals surface area contributed by atoms with Gasteiger partial charge in [-0.2, -0.15) is 0 Å². The summed E-state index contributed by atoms with van der Waals surface area (Å²) in [6.45, 7) is 0. The van der Waals surface area contributed by atoms with Crippen molar-refractivity contribution in [1.29, 1.82) is 0 Å². The van der Waals surface area contributed by atoms with Gasteiger partial charge < -0.3 is 0 Å². The van der Waals surface area contributed by atoms with Gasteiger partial charge in [0.15, 0.2) is 0 Å². The Morgan fingerprint density at radius 3 is 2.31 bits per heavy atom. The minimum Gasteiger partial charge on any atom is -0.218 e. The summed E-state index contributed by atoms with van der Waals surface area (Å²) in [5, 5.41) is 0. The highest BCUT2D eigenvalue weighted by atomic mass is 79.9. The second-order valence-corrected chi connectivity index (χ2v) is 5.43. The highest BCUT2D eigenvalue weighted by Gasteiger charge is 2.07. The van der Waals surface area contributed by atoms with Gasteiger partial charge in [-0.25, -0.2) is 13.1 Å². The normalized spacial score (nSPS) is 11.5. The molecule has 0 bridgehead atoms. The molecule has 0 amide bonds. The molecule has 5 heteroatoms. The molecule has 1 N–H and O–H groups in total. The standard InChI is InChI=1S/C8H10BrNO2S/c1-10-13(11,12)6-7-2-4-8(9)5-3-7/h2-5,10H,6H2,1H3. The fourth-order valence-corrected chi connectivity index (χ4v) is 1.91. The maximum Gasteiger partial charge on any atom is 0.215 e. The predicted molar refractivity (Wildman–Crippen MR) is 55.8 cm³/mol. The molecule has 0 aliphatic heterocycles. The van der Waals surface area contributed by atoms with Crippen LogP contribution in [0, 0.1) is 0 Å². The number of sulfonamides is 1. The van der Waals surface area contributed by atoms with E-state index in [1.165, 1.54) is 7.05 Å². The Kier molecular flexibility index (Phi) is 3.47. The lowest BCUT2D eigenvalue weighted by Gasteiger charge is -2.01. The summed E-state index contributed by atoms with van der Waals surface area (Å²) in [5.41, 5.74) is 0.776. The molecule has 3 nitrogen and oxygen atoms in total. The smallest absolute Gasteiger partial charge is 0.215 e. The van der Waals surface area contributed by atoms with Crippen LogP contribution in [-0.4, -0.2) is 15.5 Å². The molecule has 0 aliphatic carbocycles. The van der Waals surface area contributed by atoms with Crippen LogP contribution in [0.15, 0.2) is 28.7 Å². The summed E-state index contributed by atoms with van der Waals surface area (Å²) in [4.78, 5) is 0. The second kappa shape index (κ2) is 4.21. The molecule has 0 saturated heterocycles. The summed E-state index contributed by atoms with van der Waals surface area (Å²) >= 11 is 3.28. The van der Waals surface area contributed by atoms with Crippen LogP contribution < -0.4 is 4.72 Å². The zero-order valence-electron chi connectivity index (χ0n) is 7.12. The Morgan fingerprint density at radius 1 is 1.31 bits per heavy atom. The van der Waals surface area contributed by atoms with E-state index in [0.29, 0.717) is 0 Å². The number of rotatable bonds is 3. The quantitative estimate of drug-likeness (QED) is 0.899. The number of benzene rings is 1. The Labute approximate surface area is 86.3 Å². The average Bonchev–Trinajstić information content (AvgIpc) is 2.09. The van der Waals surface area contributed by atoms with Gasteiger partial charge in [-0.05, 0) is 24.7 Å². The van der Waals surface area contributed by atoms with Crippen molar-refractivity contribution in [1.82, 2.24) is 4.72 Å². The average molecular weight is 264 g/mol. The Hall–Kier alpha value is -0.390. The highest BCUT2D eigenvalue weighted by Crippen LogP contribution is 2.11. The van der Waals surface area contributed by atoms with E-state index in [9.17, 15) is 8.42 Å². The predicted octanol–water partition coefficient (Wildman–Crippen LogP) is 1.50. The largest absolute Gasteiger partial charge is 0.218 e. The van der Waals surface area contributed by atoms with Gasteiger partial charge in [-0.15, -0.1) is 0 Å². The topological polar surface area (TPSA) is 46.2 Å². The van der Waals surface area contributed by atoms with Crippen LogP contribution in [0.3, 0.4) is 0 Å². The molecule has 0 saturated carbocycles. The molecule has 0 spiro atoms. The molecule has 0 fully saturated rings. The van der Waals surface area contributed by atoms with Crippen molar-refractivity contribution in [3.8, 4) is 0 Å². The molecule has 0 aromatic heterocycles. The zero-order valence-corrected chi connectivity index (χ0v) is 9.52. The van der Waals surface area contributed by atoms with Crippen LogP contribution in [0.5, 0.6) is 0 Å². The third-order valence-corrected chi connectivity index (χ3v) is 3.44. The molecule has 0 aliphatic rings. The van der Waals surface area contributed by atoms with E-state index in [2.05, 4.69) is 20.7 Å². The van der Waals surface area contributed by atoms with Crippen molar-refractivity contribution in [2.45, 2.75) is 5.75 Å². The summed E-state index contributed by atoms with van der Waals surface area (Å²) < 4.78 is 25.5. The van der Waals surface area contributed by atoms with E-state index >= 15 is 0 Å². The van der Waals surface area contributed by atoms with E-state index in [1.54, 1.807) is 12.1 Å². The van der Waals surface area contributed by atoms with Crippen molar-refractivity contribution in [2.24, 2.45) is 0 Å². The molecule has 72 valence electrons. The maximum atomic E-state index is 11.1. The van der Waals surface area contributed by atoms with Crippen LogP contribution in [0.25, 0.3) is 0 Å². The van der Waals surface area contributed by atoms with Gasteiger partial charge in [0.2, 0.25) is 10.0 Å². The number of hydrogen-bond donors (Lipinski definition) is 1. The van der Waals surface area contributed by atoms with E-state index in [4.69, 9.17) is 0 Å². The fourth-order valence-electron chi connectivity index (χ4n) is 0.872. The molecule has 1 rings (SSSR count). The Morgan fingerprint density at radius 2 is 1.85 bits per heavy atom. The van der Waals surface area contributed by atoms with Gasteiger partial charge in [0.25, 0.3) is 0 Å². The third-order valence-electron chi connectivity index (χ3n) is 1.58. The Bertz CT molecular complexity index is 372. The van der Waals surface area contributed by atoms with Crippen LogP contribution in [0.1, 0.15) is 5.56 Å². The molecular weight excluding hydrogens is 254 g/mol. The third kappa shape index (κ3) is 3.46. The molecule has 0 unspecified atom stereocenters. The van der Waals surface area contributed by atoms with Crippen LogP contribution in [0.4, 0.5) is 0 Å². The van der Waals surface area contributed by atoms with Gasteiger partial charge in [0.05, 0.1) is 5.75 Å². The van der Waals surface area contributed by atoms with Gasteiger partial charge in [-0.1, -0.05) is 28.1 Å². The van der Waals surface area contributed by atoms with Crippen molar-refractivity contribution < 1.29 is 8.42 Å². The van der Waals surface area contributed by atoms with E-state index in [1.807, 2.05) is 12.1 Å². The second-order valence-electron chi connectivity index (χ2n) is 2.59. The van der Waals surface area contributed by atoms with Gasteiger partial charge in [0.1, 0.15) is 0 Å². The summed E-state index contributed by atoms with van der Waals surface area (Å²) in [6.07, 6.45) is 0. The monoisotopic (exact) mass is 263 g/mol. The van der Waals surface area contributed by atoms with Gasteiger partial charge in [0, 0.05) is 4.47 Å². The minimum absolute atomic E-state index is 0.0246. The first-order valence-electron chi connectivity index (χ1n) is 3.69. The van der Waals surface area contributed by atoms with Crippen molar-refractivity contribution in [2.75, 3.05) is 7.05 Å². The molecule has 1 aromatic carbocycles. The fraction of sp³-hybridized carbons (Fsp3) is 0.250. The van der Waals surface area contributed by atoms with Crippen LogP contribution >= 0.6 is 15.9 Å². The Balaban J connectivity index is 2.82. The first-order valence-corrected chi connectivity index (χ1v) is 6.14. The number of halogens is 1. The molecule has 13 heavy (non-hydrogen) atoms. The SMILES string of the molecule is CNS(=O)(=O)Cc1ccc(Br)cc1. The molecule has 0 radical (unpaired) electrons. The first kappa shape index (κ1) is 10.7. The van der Waals surface area contributed by atoms with E-state index in [-0.39, 0.29) is 5.75 Å². The summed E-state index contributed by atoms with van der Waals surface area (Å²) in [6, 6.07) is 7.19. The van der Waals surface area contributed by atoms with Crippen LogP contribution in [0.2, 0.25) is 0 Å². The number of nitrogens with one attached hydrogen (secondary N) is 1. The highest BCUT2D eigenvalue weighted by molar-refractivity contribution is 9.10. The first-order chi connectivity index (χ1) is 6.03. The lowest BCUT2D eigenvalue weighted by molar-refractivity contribution is 0.587. The molecule has 0 atom stereocenters. The van der Waals surface area contributed by atoms with Crippen molar-refractivity contribution in [3.05, 3.63) is 34.3 Å². The van der Waals surface area contributed by atoms with Crippen LogP contribution in [-0.2, 0) is 15.8 Å². The lowest BCUT2D eigenvalue weighted by Crippen LogP contribution is -2.20. The zero-order chi connectivity index (χ0) is 9.90. The van der Waals surface area contributed by atoms with E-state index in [0.717, 1.165) is 10.0 Å². The summed E-state index contributed by atoms with van der Waals surface area (Å²) in [7, 11) is -1.74. The maximum absolute atomic E-state index is 11.1. The van der Waals surface area contributed by atoms with Gasteiger partial charge in [-0.3, -0.25) is 0 Å².